The Morgan fingerprint density at radius 3 is 1.95 bits per heavy atom. The highest BCUT2D eigenvalue weighted by molar-refractivity contribution is 8.00. The first kappa shape index (κ1) is 90.4. The van der Waals surface area contributed by atoms with E-state index in [0.29, 0.717) is 55.5 Å². The molecule has 594 valence electrons. The number of methoxy groups -OCH3 is 2. The molecule has 12 amide bonds. The van der Waals surface area contributed by atoms with Crippen LogP contribution in [0.1, 0.15) is 163 Å². The van der Waals surface area contributed by atoms with E-state index in [2.05, 4.69) is 31.9 Å². The molecule has 0 spiro atoms. The van der Waals surface area contributed by atoms with E-state index in [9.17, 15) is 61.5 Å². The van der Waals surface area contributed by atoms with Crippen molar-refractivity contribution in [3.63, 3.8) is 0 Å². The number of nitrogens with one attached hydrogen (secondary N) is 6. The van der Waals surface area contributed by atoms with Crippen molar-refractivity contribution in [1.82, 2.24) is 51.1 Å². The Bertz CT molecular complexity index is 3230. The number of carbonyl (C=O) groups is 12. The molecule has 2 aliphatic rings. The molecule has 0 aliphatic carbocycles. The molecule has 12 atom stereocenters. The summed E-state index contributed by atoms with van der Waals surface area (Å²) in [6.45, 7) is 16.4. The minimum absolute atomic E-state index is 0.0470. The second-order valence-electron chi connectivity index (χ2n) is 29.0. The monoisotopic (exact) mass is 1510 g/mol. The van der Waals surface area contributed by atoms with Crippen molar-refractivity contribution < 1.29 is 85.6 Å². The van der Waals surface area contributed by atoms with Gasteiger partial charge in [-0.3, -0.25) is 57.7 Å². The van der Waals surface area contributed by atoms with E-state index in [-0.39, 0.29) is 131 Å². The number of benzene rings is 2. The summed E-state index contributed by atoms with van der Waals surface area (Å²) in [6.07, 6.45) is 1.53. The number of anilines is 1. The van der Waals surface area contributed by atoms with E-state index in [1.807, 2.05) is 41.5 Å². The number of hydrogen-bond acceptors (Lipinski definition) is 17. The molecular weight excluding hydrogens is 1390 g/mol. The van der Waals surface area contributed by atoms with Crippen molar-refractivity contribution in [3.05, 3.63) is 65.2 Å². The van der Waals surface area contributed by atoms with Crippen LogP contribution in [0.15, 0.2) is 42.5 Å². The Kier molecular flexibility index (Phi) is 38.3. The summed E-state index contributed by atoms with van der Waals surface area (Å²) >= 11 is 1.40. The van der Waals surface area contributed by atoms with Gasteiger partial charge in [-0.15, -0.1) is 11.8 Å². The minimum Gasteiger partial charge on any atom is -0.481 e. The van der Waals surface area contributed by atoms with Gasteiger partial charge >= 0.3 is 18.1 Å². The van der Waals surface area contributed by atoms with E-state index >= 15 is 4.79 Å². The van der Waals surface area contributed by atoms with E-state index in [0.717, 1.165) is 18.6 Å². The summed E-state index contributed by atoms with van der Waals surface area (Å²) in [5, 5.41) is 25.0. The fourth-order valence-corrected chi connectivity index (χ4v) is 14.8. The highest BCUT2D eigenvalue weighted by atomic mass is 32.2. The zero-order chi connectivity index (χ0) is 79.2. The van der Waals surface area contributed by atoms with Gasteiger partial charge in [0, 0.05) is 85.0 Å². The number of nitrogens with zero attached hydrogens (tertiary/aromatic N) is 5. The second-order valence-corrected chi connectivity index (χ2v) is 30.3. The van der Waals surface area contributed by atoms with Gasteiger partial charge in [-0.05, 0) is 125 Å². The van der Waals surface area contributed by atoms with Gasteiger partial charge in [-0.2, -0.15) is 0 Å². The number of carbonyl (C=O) groups excluding carboxylic acids is 11. The normalized spacial score (nSPS) is 17.8. The average molecular weight is 1510 g/mol. The summed E-state index contributed by atoms with van der Waals surface area (Å²) in [4.78, 5) is 168. The lowest BCUT2D eigenvalue weighted by molar-refractivity contribution is -0.148. The topological polar surface area (TPSA) is 367 Å². The Morgan fingerprint density at radius 2 is 1.37 bits per heavy atom. The maximum Gasteiger partial charge on any atom is 0.410 e. The number of likely N-dealkylation sites (N-methyl/N-ethyl adjacent to an activating group) is 3. The number of nitrogens with two attached hydrogens (primary N) is 1. The van der Waals surface area contributed by atoms with Gasteiger partial charge in [-0.25, -0.2) is 18.4 Å². The lowest BCUT2D eigenvalue weighted by atomic mass is 9.89. The number of hydrogen-bond donors (Lipinski definition) is 8. The number of carboxylic acids is 1. The van der Waals surface area contributed by atoms with Crippen molar-refractivity contribution in [2.75, 3.05) is 79.7 Å². The predicted octanol–water partition coefficient (Wildman–Crippen LogP) is 6.60. The fraction of sp³-hybridized carbons (Fsp3) is 0.680. The minimum atomic E-state index is -1.16. The van der Waals surface area contributed by atoms with Crippen molar-refractivity contribution >= 4 is 88.7 Å². The third-order valence-electron chi connectivity index (χ3n) is 19.8. The molecule has 106 heavy (non-hydrogen) atoms. The van der Waals surface area contributed by atoms with Gasteiger partial charge in [0.2, 0.25) is 53.2 Å². The first-order valence-electron chi connectivity index (χ1n) is 37.0. The number of urea groups is 1. The standard InChI is InChI=1S/C75H118F2N12O16S/c1-16-47(8)66(87(13)73(100)64(45(4)5)84-71(98)65(46(6)7)85(10)11)57(103-14)40-60(91)89-42-51(39-56(89)67(104-15)48(9)68(95)79-36-34-52-53(76)25-23-26-54(52)77)86(12)75(102)105-43-49-30-32-50(33-31-49)81-69(96)55(27-24-35-80-74(78)101)82-70(97)63(44(2)3)83-59(90)28-19-17-21-37-88-61(92)41-58(72(88)99)106-38-22-18-20-29-62(93)94/h23,25-26,30-33,44-48,51,55-58,63-67H,16-22,24,27-29,34-43H2,1-15H3,(H,79,95)(H,81,96)(H,82,97)(H,83,90)(H,84,98)(H,93,94)(H3,78,80,101)/t47-,48+,51-,55?,56-,57+,58?,63-,64-,65-,66?,67+/m0/s1. The van der Waals surface area contributed by atoms with Crippen LogP contribution in [-0.2, 0) is 75.2 Å². The van der Waals surface area contributed by atoms with Gasteiger partial charge in [0.1, 0.15) is 36.4 Å². The number of amides is 12. The summed E-state index contributed by atoms with van der Waals surface area (Å²) in [5.74, 6) is -7.52. The number of rotatable bonds is 46. The Labute approximate surface area is 627 Å². The van der Waals surface area contributed by atoms with E-state index in [1.54, 1.807) is 80.9 Å². The highest BCUT2D eigenvalue weighted by Gasteiger charge is 2.48. The number of likely N-dealkylation sites (tertiary alicyclic amines) is 2. The smallest absolute Gasteiger partial charge is 0.410 e. The van der Waals surface area contributed by atoms with Crippen molar-refractivity contribution in [2.45, 2.75) is 225 Å². The largest absolute Gasteiger partial charge is 0.481 e. The van der Waals surface area contributed by atoms with Crippen LogP contribution in [0.3, 0.4) is 0 Å². The molecule has 2 fully saturated rings. The fourth-order valence-electron chi connectivity index (χ4n) is 13.6. The SMILES string of the molecule is CC[C@H](C)C([C@@H](CC(=O)N1C[C@@H](N(C)C(=O)OCc2ccc(NC(=O)C(CCCNC(N)=O)NC(=O)[C@@H](NC(=O)CCCCCN3C(=O)CC(SCCCCCC(=O)O)C3=O)C(C)C)cc2)C[C@H]1[C@H](OC)[C@@H](C)C(=O)NCCc1c(F)cccc1F)OC)N(C)C(=O)[C@@H](NC(=O)[C@H](C(C)C)N(C)C)C(C)C. The van der Waals surface area contributed by atoms with E-state index in [4.69, 9.17) is 25.1 Å². The van der Waals surface area contributed by atoms with Crippen molar-refractivity contribution in [1.29, 1.82) is 0 Å². The number of ether oxygens (including phenoxy) is 3. The molecule has 2 aromatic carbocycles. The van der Waals surface area contributed by atoms with Crippen molar-refractivity contribution in [3.8, 4) is 0 Å². The van der Waals surface area contributed by atoms with Crippen LogP contribution in [-0.4, -0.2) is 235 Å². The van der Waals surface area contributed by atoms with E-state index < -0.39 is 131 Å². The third kappa shape index (κ3) is 27.6. The predicted molar refractivity (Wildman–Crippen MR) is 398 cm³/mol. The molecule has 3 unspecified atom stereocenters. The first-order valence-corrected chi connectivity index (χ1v) is 38.0. The zero-order valence-corrected chi connectivity index (χ0v) is 65.4. The molecule has 2 aromatic rings. The molecule has 2 heterocycles. The third-order valence-corrected chi connectivity index (χ3v) is 21.1. The molecule has 0 radical (unpaired) electrons. The number of primary amides is 1. The molecule has 2 aliphatic heterocycles. The second kappa shape index (κ2) is 44.9. The quantitative estimate of drug-likeness (QED) is 0.0256. The van der Waals surface area contributed by atoms with Gasteiger partial charge in [0.25, 0.3) is 0 Å². The van der Waals surface area contributed by atoms with Gasteiger partial charge in [0.15, 0.2) is 0 Å². The van der Waals surface area contributed by atoms with Crippen LogP contribution in [0, 0.1) is 41.2 Å². The number of imide groups is 1. The summed E-state index contributed by atoms with van der Waals surface area (Å²) in [7, 11) is 9.60. The maximum absolute atomic E-state index is 15.2. The summed E-state index contributed by atoms with van der Waals surface area (Å²) in [5.41, 5.74) is 5.91. The molecule has 28 nitrogen and oxygen atoms in total. The van der Waals surface area contributed by atoms with Gasteiger partial charge < -0.3 is 71.7 Å². The van der Waals surface area contributed by atoms with Gasteiger partial charge in [-0.1, -0.05) is 99.8 Å². The molecule has 0 aromatic heterocycles. The Hall–Kier alpha value is -8.03. The van der Waals surface area contributed by atoms with Crippen LogP contribution in [0.25, 0.3) is 0 Å². The molecule has 0 saturated carbocycles. The van der Waals surface area contributed by atoms with E-state index in [1.165, 1.54) is 48.9 Å². The number of thioether (sulfide) groups is 1. The van der Waals surface area contributed by atoms with Crippen molar-refractivity contribution in [2.24, 2.45) is 35.3 Å². The van der Waals surface area contributed by atoms with Gasteiger partial charge in [0.05, 0.1) is 54.0 Å². The number of carboxylic acid groups (broad SMARTS) is 1. The average Bonchev–Trinajstić information content (AvgIpc) is 1.56. The lowest BCUT2D eigenvalue weighted by Gasteiger charge is -2.41. The number of unbranched alkanes of at least 4 members (excludes halogenated alkanes) is 4. The van der Waals surface area contributed by atoms with Crippen LogP contribution >= 0.6 is 11.8 Å². The first-order chi connectivity index (χ1) is 50.1. The molecule has 9 N–H and O–H groups in total. The van der Waals surface area contributed by atoms with Crippen LogP contribution in [0.4, 0.5) is 24.1 Å². The Balaban J connectivity index is 1.47. The Morgan fingerprint density at radius 1 is 0.726 bits per heavy atom. The van der Waals surface area contributed by atoms with Crippen LogP contribution in [0.2, 0.25) is 0 Å². The summed E-state index contributed by atoms with van der Waals surface area (Å²) < 4.78 is 47.2. The zero-order valence-electron chi connectivity index (χ0n) is 64.6. The summed E-state index contributed by atoms with van der Waals surface area (Å²) in [6, 6.07) is 3.19. The molecule has 2 saturated heterocycles. The highest BCUT2D eigenvalue weighted by Crippen LogP contribution is 2.33. The number of aliphatic carboxylic acids is 1. The molecule has 0 bridgehead atoms. The molecule has 4 rings (SSSR count). The van der Waals surface area contributed by atoms with Crippen LogP contribution in [0.5, 0.6) is 0 Å². The number of halogens is 2. The molecular formula is C75H118F2N12O16S. The molecule has 31 heteroatoms. The van der Waals surface area contributed by atoms with Crippen LogP contribution < -0.4 is 37.6 Å². The lowest BCUT2D eigenvalue weighted by Crippen LogP contribution is -2.59. The maximum atomic E-state index is 15.2.